The highest BCUT2D eigenvalue weighted by molar-refractivity contribution is 5.18. The van der Waals surface area contributed by atoms with Crippen molar-refractivity contribution in [2.45, 2.75) is 45.7 Å². The van der Waals surface area contributed by atoms with E-state index in [1.54, 1.807) is 0 Å². The Kier molecular flexibility index (Phi) is 3.23. The normalized spacial score (nSPS) is 23.5. The molecule has 3 heteroatoms. The van der Waals surface area contributed by atoms with Gasteiger partial charge in [-0.15, -0.1) is 0 Å². The largest absolute Gasteiger partial charge is 0.465 e. The average Bonchev–Trinajstić information content (AvgIpc) is 2.84. The maximum atomic E-state index is 5.88. The topological polar surface area (TPSA) is 38.3 Å². The Morgan fingerprint density at radius 1 is 1.26 bits per heavy atom. The lowest BCUT2D eigenvalue weighted by atomic mass is 10.2. The van der Waals surface area contributed by atoms with Crippen molar-refractivity contribution < 1.29 is 8.83 Å². The molecule has 3 atom stereocenters. The first-order valence-electron chi connectivity index (χ1n) is 7.02. The van der Waals surface area contributed by atoms with Crippen LogP contribution in [0.2, 0.25) is 0 Å². The predicted octanol–water partition coefficient (Wildman–Crippen LogP) is 4.16. The minimum absolute atomic E-state index is 0.196. The summed E-state index contributed by atoms with van der Waals surface area (Å²) in [6, 6.07) is 8.40. The highest BCUT2D eigenvalue weighted by atomic mass is 16.3. The SMILES string of the molecule is Cc1ccc(C(C)NCc2ccc(C3CC3C)o2)o1. The number of rotatable bonds is 5. The summed E-state index contributed by atoms with van der Waals surface area (Å²) in [4.78, 5) is 0. The molecule has 2 aromatic heterocycles. The van der Waals surface area contributed by atoms with Gasteiger partial charge in [-0.3, -0.25) is 0 Å². The summed E-state index contributed by atoms with van der Waals surface area (Å²) in [5.74, 6) is 5.51. The van der Waals surface area contributed by atoms with E-state index in [1.165, 1.54) is 6.42 Å². The molecule has 19 heavy (non-hydrogen) atoms. The fraction of sp³-hybridized carbons (Fsp3) is 0.500. The van der Waals surface area contributed by atoms with Crippen LogP contribution in [-0.2, 0) is 6.54 Å². The van der Waals surface area contributed by atoms with Gasteiger partial charge in [0.2, 0.25) is 0 Å². The molecule has 2 aromatic rings. The molecule has 3 rings (SSSR count). The van der Waals surface area contributed by atoms with Gasteiger partial charge < -0.3 is 14.2 Å². The molecule has 0 aliphatic heterocycles. The third-order valence-electron chi connectivity index (χ3n) is 3.93. The zero-order valence-corrected chi connectivity index (χ0v) is 11.8. The van der Waals surface area contributed by atoms with Crippen molar-refractivity contribution in [1.29, 1.82) is 0 Å². The summed E-state index contributed by atoms with van der Waals surface area (Å²) in [5.41, 5.74) is 0. The molecule has 0 radical (unpaired) electrons. The molecule has 3 nitrogen and oxygen atoms in total. The van der Waals surface area contributed by atoms with Crippen molar-refractivity contribution in [1.82, 2.24) is 5.32 Å². The maximum absolute atomic E-state index is 5.88. The van der Waals surface area contributed by atoms with Crippen molar-refractivity contribution in [3.05, 3.63) is 47.3 Å². The molecule has 1 aliphatic carbocycles. The van der Waals surface area contributed by atoms with E-state index in [-0.39, 0.29) is 6.04 Å². The van der Waals surface area contributed by atoms with Crippen LogP contribution in [0.3, 0.4) is 0 Å². The minimum Gasteiger partial charge on any atom is -0.465 e. The van der Waals surface area contributed by atoms with Crippen molar-refractivity contribution >= 4 is 0 Å². The van der Waals surface area contributed by atoms with Crippen LogP contribution in [0.15, 0.2) is 33.1 Å². The van der Waals surface area contributed by atoms with Crippen LogP contribution in [0, 0.1) is 12.8 Å². The van der Waals surface area contributed by atoms with Crippen LogP contribution < -0.4 is 5.32 Å². The predicted molar refractivity (Wildman–Crippen MR) is 73.9 cm³/mol. The zero-order valence-electron chi connectivity index (χ0n) is 11.8. The molecule has 1 N–H and O–H groups in total. The lowest BCUT2D eigenvalue weighted by Crippen LogP contribution is -2.17. The molecule has 0 amide bonds. The minimum atomic E-state index is 0.196. The smallest absolute Gasteiger partial charge is 0.120 e. The van der Waals surface area contributed by atoms with Crippen LogP contribution in [0.5, 0.6) is 0 Å². The standard InChI is InChI=1S/C16H21NO2/c1-10-8-14(10)16-7-5-13(19-16)9-17-12(3)15-6-4-11(2)18-15/h4-7,10,12,14,17H,8-9H2,1-3H3. The highest BCUT2D eigenvalue weighted by Gasteiger charge is 2.36. The molecule has 0 bridgehead atoms. The number of aryl methyl sites for hydroxylation is 1. The van der Waals surface area contributed by atoms with E-state index in [1.807, 2.05) is 19.1 Å². The molecule has 1 aliphatic rings. The third-order valence-corrected chi connectivity index (χ3v) is 3.93. The lowest BCUT2D eigenvalue weighted by molar-refractivity contribution is 0.389. The molecular weight excluding hydrogens is 238 g/mol. The Morgan fingerprint density at radius 3 is 2.68 bits per heavy atom. The fourth-order valence-corrected chi connectivity index (χ4v) is 2.45. The van der Waals surface area contributed by atoms with Crippen LogP contribution in [0.4, 0.5) is 0 Å². The van der Waals surface area contributed by atoms with E-state index in [0.717, 1.165) is 35.5 Å². The van der Waals surface area contributed by atoms with E-state index in [9.17, 15) is 0 Å². The molecule has 0 spiro atoms. The summed E-state index contributed by atoms with van der Waals surface area (Å²) < 4.78 is 11.5. The third kappa shape index (κ3) is 2.76. The monoisotopic (exact) mass is 259 g/mol. The average molecular weight is 259 g/mol. The second-order valence-corrected chi connectivity index (χ2v) is 5.67. The number of hydrogen-bond acceptors (Lipinski definition) is 3. The first kappa shape index (κ1) is 12.5. The van der Waals surface area contributed by atoms with Crippen LogP contribution in [0.25, 0.3) is 0 Å². The van der Waals surface area contributed by atoms with Gasteiger partial charge in [-0.05, 0) is 50.5 Å². The molecular formula is C16H21NO2. The van der Waals surface area contributed by atoms with Gasteiger partial charge in [0.15, 0.2) is 0 Å². The van der Waals surface area contributed by atoms with Crippen molar-refractivity contribution in [2.24, 2.45) is 5.92 Å². The number of nitrogens with one attached hydrogen (secondary N) is 1. The summed E-state index contributed by atoms with van der Waals surface area (Å²) in [5, 5.41) is 3.42. The van der Waals surface area contributed by atoms with Gasteiger partial charge in [0.1, 0.15) is 23.0 Å². The van der Waals surface area contributed by atoms with Gasteiger partial charge in [0.25, 0.3) is 0 Å². The molecule has 102 valence electrons. The fourth-order valence-electron chi connectivity index (χ4n) is 2.45. The second kappa shape index (κ2) is 4.89. The van der Waals surface area contributed by atoms with E-state index >= 15 is 0 Å². The number of furan rings is 2. The van der Waals surface area contributed by atoms with Crippen molar-refractivity contribution in [3.63, 3.8) is 0 Å². The summed E-state index contributed by atoms with van der Waals surface area (Å²) in [7, 11) is 0. The van der Waals surface area contributed by atoms with E-state index in [4.69, 9.17) is 8.83 Å². The van der Waals surface area contributed by atoms with Crippen LogP contribution >= 0.6 is 0 Å². The summed E-state index contributed by atoms with van der Waals surface area (Å²) in [6.07, 6.45) is 1.27. The van der Waals surface area contributed by atoms with E-state index in [2.05, 4.69) is 31.3 Å². The van der Waals surface area contributed by atoms with Gasteiger partial charge in [-0.1, -0.05) is 6.92 Å². The number of hydrogen-bond donors (Lipinski definition) is 1. The van der Waals surface area contributed by atoms with Gasteiger partial charge in [-0.25, -0.2) is 0 Å². The Morgan fingerprint density at radius 2 is 2.05 bits per heavy atom. The molecule has 2 heterocycles. The van der Waals surface area contributed by atoms with E-state index in [0.29, 0.717) is 5.92 Å². The maximum Gasteiger partial charge on any atom is 0.120 e. The summed E-state index contributed by atoms with van der Waals surface area (Å²) >= 11 is 0. The Labute approximate surface area is 114 Å². The van der Waals surface area contributed by atoms with Crippen LogP contribution in [-0.4, -0.2) is 0 Å². The highest BCUT2D eigenvalue weighted by Crippen LogP contribution is 2.47. The van der Waals surface area contributed by atoms with Crippen molar-refractivity contribution in [3.8, 4) is 0 Å². The lowest BCUT2D eigenvalue weighted by Gasteiger charge is -2.09. The molecule has 1 fully saturated rings. The van der Waals surface area contributed by atoms with Gasteiger partial charge >= 0.3 is 0 Å². The molecule has 3 unspecified atom stereocenters. The van der Waals surface area contributed by atoms with Gasteiger partial charge in [0, 0.05) is 5.92 Å². The van der Waals surface area contributed by atoms with Crippen LogP contribution in [0.1, 0.15) is 55.3 Å². The van der Waals surface area contributed by atoms with Gasteiger partial charge in [-0.2, -0.15) is 0 Å². The van der Waals surface area contributed by atoms with Crippen molar-refractivity contribution in [2.75, 3.05) is 0 Å². The zero-order chi connectivity index (χ0) is 13.4. The Bertz CT molecular complexity index is 555. The Hall–Kier alpha value is -1.48. The van der Waals surface area contributed by atoms with E-state index < -0.39 is 0 Å². The quantitative estimate of drug-likeness (QED) is 0.876. The summed E-state index contributed by atoms with van der Waals surface area (Å²) in [6.45, 7) is 7.07. The first-order valence-corrected chi connectivity index (χ1v) is 7.02. The first-order chi connectivity index (χ1) is 9.13. The Balaban J connectivity index is 1.55. The molecule has 0 saturated heterocycles. The second-order valence-electron chi connectivity index (χ2n) is 5.67. The molecule has 1 saturated carbocycles. The molecule has 0 aromatic carbocycles. The van der Waals surface area contributed by atoms with Gasteiger partial charge in [0.05, 0.1) is 12.6 Å².